The zero-order chi connectivity index (χ0) is 14.1. The van der Waals surface area contributed by atoms with Gasteiger partial charge in [0.1, 0.15) is 22.7 Å². The molecule has 3 aromatic rings. The Balaban J connectivity index is 2.07. The van der Waals surface area contributed by atoms with Crippen molar-refractivity contribution >= 4 is 57.6 Å². The number of aromatic nitrogens is 4. The third-order valence-corrected chi connectivity index (χ3v) is 3.38. The second-order valence-electron chi connectivity index (χ2n) is 3.82. The number of hydrogen-bond donors (Lipinski definition) is 4. The molecule has 0 aliphatic carbocycles. The number of nitrogens with zero attached hydrogens (tertiary/aromatic N) is 4. The molecule has 1 aromatic carbocycles. The highest BCUT2D eigenvalue weighted by Gasteiger charge is 2.11. The maximum Gasteiger partial charge on any atom is 0.223 e. The van der Waals surface area contributed by atoms with E-state index in [0.29, 0.717) is 27.9 Å². The molecule has 0 aliphatic rings. The third-order valence-electron chi connectivity index (χ3n) is 2.52. The van der Waals surface area contributed by atoms with Gasteiger partial charge in [-0.2, -0.15) is 18.7 Å². The van der Waals surface area contributed by atoms with E-state index < -0.39 is 0 Å². The van der Waals surface area contributed by atoms with Crippen molar-refractivity contribution in [3.8, 4) is 0 Å². The highest BCUT2D eigenvalue weighted by molar-refractivity contribution is 7.00. The minimum absolute atomic E-state index is 0.0858. The Bertz CT molecular complexity index is 773. The number of nitrogens with two attached hydrogens (primary N) is 2. The molecule has 0 fully saturated rings. The zero-order valence-electron chi connectivity index (χ0n) is 9.96. The predicted octanol–water partition coefficient (Wildman–Crippen LogP) is 1.75. The molecule has 0 radical (unpaired) electrons. The first-order chi connectivity index (χ1) is 9.67. The predicted molar refractivity (Wildman–Crippen MR) is 80.0 cm³/mol. The quantitative estimate of drug-likeness (QED) is 0.425. The molecule has 2 heterocycles. The molecule has 8 nitrogen and oxygen atoms in total. The van der Waals surface area contributed by atoms with Gasteiger partial charge in [-0.1, -0.05) is 11.6 Å². The summed E-state index contributed by atoms with van der Waals surface area (Å²) in [6.07, 6.45) is 0. The molecule has 102 valence electrons. The molecule has 2 aromatic heterocycles. The minimum atomic E-state index is 0.0858. The number of benzene rings is 1. The lowest BCUT2D eigenvalue weighted by atomic mass is 10.2. The van der Waals surface area contributed by atoms with Crippen molar-refractivity contribution in [2.24, 2.45) is 5.84 Å². The van der Waals surface area contributed by atoms with Gasteiger partial charge in [0.2, 0.25) is 5.95 Å². The molecule has 0 spiro atoms. The van der Waals surface area contributed by atoms with Gasteiger partial charge in [-0.25, -0.2) is 5.84 Å². The summed E-state index contributed by atoms with van der Waals surface area (Å²) in [5.41, 5.74) is 10.0. The highest BCUT2D eigenvalue weighted by Crippen LogP contribution is 2.32. The van der Waals surface area contributed by atoms with Crippen LogP contribution in [-0.2, 0) is 0 Å². The Morgan fingerprint density at radius 3 is 2.75 bits per heavy atom. The van der Waals surface area contributed by atoms with Crippen molar-refractivity contribution in [2.45, 2.75) is 0 Å². The SMILES string of the molecule is NNc1cc(Nc2c(Cl)ccc3nsnc23)nc(N)n1. The second-order valence-corrected chi connectivity index (χ2v) is 4.76. The Hall–Kier alpha value is -2.23. The van der Waals surface area contributed by atoms with E-state index in [1.807, 2.05) is 0 Å². The van der Waals surface area contributed by atoms with E-state index in [0.717, 1.165) is 17.2 Å². The van der Waals surface area contributed by atoms with E-state index in [2.05, 4.69) is 29.5 Å². The van der Waals surface area contributed by atoms with Gasteiger partial charge in [-0.3, -0.25) is 0 Å². The first-order valence-corrected chi connectivity index (χ1v) is 6.57. The number of anilines is 4. The van der Waals surface area contributed by atoms with E-state index in [1.54, 1.807) is 18.2 Å². The van der Waals surface area contributed by atoms with Gasteiger partial charge >= 0.3 is 0 Å². The molecular weight excluding hydrogens is 300 g/mol. The van der Waals surface area contributed by atoms with Crippen molar-refractivity contribution in [1.82, 2.24) is 18.7 Å². The fourth-order valence-electron chi connectivity index (χ4n) is 1.68. The molecule has 0 aliphatic heterocycles. The number of rotatable bonds is 3. The van der Waals surface area contributed by atoms with Crippen LogP contribution in [0.5, 0.6) is 0 Å². The molecule has 0 saturated carbocycles. The summed E-state index contributed by atoms with van der Waals surface area (Å²) < 4.78 is 8.36. The summed E-state index contributed by atoms with van der Waals surface area (Å²) in [7, 11) is 0. The van der Waals surface area contributed by atoms with E-state index in [1.165, 1.54) is 0 Å². The molecule has 10 heteroatoms. The van der Waals surface area contributed by atoms with Crippen LogP contribution < -0.4 is 22.3 Å². The first-order valence-electron chi connectivity index (χ1n) is 5.46. The van der Waals surface area contributed by atoms with Crippen molar-refractivity contribution in [3.05, 3.63) is 23.2 Å². The molecule has 0 atom stereocenters. The van der Waals surface area contributed by atoms with E-state index >= 15 is 0 Å². The Kier molecular flexibility index (Phi) is 3.22. The summed E-state index contributed by atoms with van der Waals surface area (Å²) in [5, 5.41) is 3.57. The molecule has 0 unspecified atom stereocenters. The molecule has 3 rings (SSSR count). The van der Waals surface area contributed by atoms with Crippen LogP contribution in [0.2, 0.25) is 5.02 Å². The van der Waals surface area contributed by atoms with Gasteiger partial charge in [0, 0.05) is 6.07 Å². The van der Waals surface area contributed by atoms with E-state index in [4.69, 9.17) is 23.2 Å². The molecule has 0 saturated heterocycles. The summed E-state index contributed by atoms with van der Waals surface area (Å²) in [6.45, 7) is 0. The van der Waals surface area contributed by atoms with Crippen LogP contribution in [-0.4, -0.2) is 18.7 Å². The van der Waals surface area contributed by atoms with Crippen LogP contribution in [0.15, 0.2) is 18.2 Å². The van der Waals surface area contributed by atoms with E-state index in [9.17, 15) is 0 Å². The van der Waals surface area contributed by atoms with E-state index in [-0.39, 0.29) is 5.95 Å². The van der Waals surface area contributed by atoms with Crippen LogP contribution >= 0.6 is 23.3 Å². The zero-order valence-corrected chi connectivity index (χ0v) is 11.5. The maximum atomic E-state index is 6.18. The van der Waals surface area contributed by atoms with Crippen LogP contribution in [0, 0.1) is 0 Å². The summed E-state index contributed by atoms with van der Waals surface area (Å²) in [4.78, 5) is 7.97. The largest absolute Gasteiger partial charge is 0.368 e. The Morgan fingerprint density at radius 2 is 1.95 bits per heavy atom. The number of halogens is 1. The Morgan fingerprint density at radius 1 is 1.15 bits per heavy atom. The molecule has 0 bridgehead atoms. The van der Waals surface area contributed by atoms with Gasteiger partial charge in [0.15, 0.2) is 0 Å². The molecular formula is C10H9ClN8S. The standard InChI is InChI=1S/C10H9ClN8S/c11-4-1-2-5-9(19-20-18-5)8(4)14-6-3-7(17-13)16-10(12)15-6/h1-3H,13H2,(H4,12,14,15,16,17). The normalized spacial score (nSPS) is 10.7. The van der Waals surface area contributed by atoms with Gasteiger partial charge in [-0.05, 0) is 12.1 Å². The fraction of sp³-hybridized carbons (Fsp3) is 0. The lowest BCUT2D eigenvalue weighted by molar-refractivity contribution is 1.15. The first kappa shape index (κ1) is 12.8. The topological polar surface area (TPSA) is 128 Å². The highest BCUT2D eigenvalue weighted by atomic mass is 35.5. The number of nitrogens with one attached hydrogen (secondary N) is 2. The number of hydrazine groups is 1. The molecule has 20 heavy (non-hydrogen) atoms. The van der Waals surface area contributed by atoms with Gasteiger partial charge in [-0.15, -0.1) is 0 Å². The van der Waals surface area contributed by atoms with Crippen LogP contribution in [0.1, 0.15) is 0 Å². The Labute approximate surface area is 122 Å². The number of hydrogen-bond acceptors (Lipinski definition) is 9. The number of fused-ring (bicyclic) bond motifs is 1. The van der Waals surface area contributed by atoms with Crippen molar-refractivity contribution < 1.29 is 0 Å². The van der Waals surface area contributed by atoms with Crippen molar-refractivity contribution in [3.63, 3.8) is 0 Å². The van der Waals surface area contributed by atoms with Crippen molar-refractivity contribution in [1.29, 1.82) is 0 Å². The molecule has 6 N–H and O–H groups in total. The summed E-state index contributed by atoms with van der Waals surface area (Å²) in [6, 6.07) is 5.14. The maximum absolute atomic E-state index is 6.18. The van der Waals surface area contributed by atoms with Gasteiger partial charge in [0.05, 0.1) is 22.4 Å². The third kappa shape index (κ3) is 2.29. The lowest BCUT2D eigenvalue weighted by Crippen LogP contribution is -2.11. The smallest absolute Gasteiger partial charge is 0.223 e. The fourth-order valence-corrected chi connectivity index (χ4v) is 2.42. The average molecular weight is 309 g/mol. The lowest BCUT2D eigenvalue weighted by Gasteiger charge is -2.09. The van der Waals surface area contributed by atoms with Crippen LogP contribution in [0.25, 0.3) is 11.0 Å². The second kappa shape index (κ2) is 5.04. The van der Waals surface area contributed by atoms with Crippen LogP contribution in [0.3, 0.4) is 0 Å². The number of nitrogen functional groups attached to an aromatic ring is 2. The van der Waals surface area contributed by atoms with Crippen LogP contribution in [0.4, 0.5) is 23.3 Å². The van der Waals surface area contributed by atoms with Crippen molar-refractivity contribution in [2.75, 3.05) is 16.5 Å². The van der Waals surface area contributed by atoms with Gasteiger partial charge in [0.25, 0.3) is 0 Å². The minimum Gasteiger partial charge on any atom is -0.368 e. The summed E-state index contributed by atoms with van der Waals surface area (Å²) in [5.74, 6) is 6.24. The molecule has 0 amide bonds. The average Bonchev–Trinajstić information content (AvgIpc) is 2.90. The summed E-state index contributed by atoms with van der Waals surface area (Å²) >= 11 is 7.29. The monoisotopic (exact) mass is 308 g/mol. The van der Waals surface area contributed by atoms with Gasteiger partial charge < -0.3 is 16.5 Å².